The fraction of sp³-hybridized carbons (Fsp3) is 0.276. The van der Waals surface area contributed by atoms with E-state index in [-0.39, 0.29) is 12.0 Å². The van der Waals surface area contributed by atoms with E-state index < -0.39 is 0 Å². The molecule has 0 saturated carbocycles. The summed E-state index contributed by atoms with van der Waals surface area (Å²) in [5, 5.41) is 3.53. The van der Waals surface area contributed by atoms with Gasteiger partial charge < -0.3 is 24.7 Å². The van der Waals surface area contributed by atoms with Gasteiger partial charge in [-0.25, -0.2) is 9.97 Å². The molecular formula is C29H28ClN5O3. The first-order chi connectivity index (χ1) is 18.6. The van der Waals surface area contributed by atoms with Crippen molar-refractivity contribution in [1.82, 2.24) is 19.9 Å². The number of H-pyrrole nitrogens is 1. The minimum absolute atomic E-state index is 0.0691. The molecule has 9 heteroatoms. The summed E-state index contributed by atoms with van der Waals surface area (Å²) in [5.74, 6) is 0.831. The van der Waals surface area contributed by atoms with Crippen molar-refractivity contribution >= 4 is 45.4 Å². The zero-order valence-corrected chi connectivity index (χ0v) is 21.8. The maximum absolute atomic E-state index is 13.4. The number of carbonyl (C=O) groups is 1. The van der Waals surface area contributed by atoms with Crippen LogP contribution in [0.15, 0.2) is 60.7 Å². The van der Waals surface area contributed by atoms with Crippen LogP contribution >= 0.6 is 11.6 Å². The van der Waals surface area contributed by atoms with Crippen LogP contribution in [-0.2, 0) is 9.53 Å². The SMILES string of the molecule is COCCN1CCC(Oc2ccc3c(n2)C(=C(c2cccc(Cl)c2)c2nc4ccccc4[nH]2)C(=O)N3)CC1. The molecule has 0 aliphatic carbocycles. The topological polar surface area (TPSA) is 92.4 Å². The lowest BCUT2D eigenvalue weighted by atomic mass is 9.97. The molecule has 0 spiro atoms. The van der Waals surface area contributed by atoms with Gasteiger partial charge in [-0.2, -0.15) is 0 Å². The number of nitrogens with zero attached hydrogens (tertiary/aromatic N) is 3. The monoisotopic (exact) mass is 529 g/mol. The van der Waals surface area contributed by atoms with Crippen LogP contribution in [0, 0.1) is 0 Å². The fourth-order valence-corrected chi connectivity index (χ4v) is 5.27. The third-order valence-electron chi connectivity index (χ3n) is 7.00. The van der Waals surface area contributed by atoms with Gasteiger partial charge in [-0.1, -0.05) is 35.9 Å². The summed E-state index contributed by atoms with van der Waals surface area (Å²) in [4.78, 5) is 28.8. The molecule has 8 nitrogen and oxygen atoms in total. The number of aromatic nitrogens is 3. The van der Waals surface area contributed by atoms with Gasteiger partial charge in [0.15, 0.2) is 0 Å². The Labute approximate surface area is 225 Å². The number of likely N-dealkylation sites (tertiary alicyclic amines) is 1. The summed E-state index contributed by atoms with van der Waals surface area (Å²) >= 11 is 6.37. The molecule has 1 amide bonds. The zero-order valence-electron chi connectivity index (χ0n) is 21.0. The van der Waals surface area contributed by atoms with E-state index in [9.17, 15) is 4.79 Å². The van der Waals surface area contributed by atoms with Crippen molar-refractivity contribution in [3.05, 3.63) is 82.8 Å². The second kappa shape index (κ2) is 10.6. The number of hydrogen-bond acceptors (Lipinski definition) is 6. The number of halogens is 1. The van der Waals surface area contributed by atoms with Crippen molar-refractivity contribution in [2.45, 2.75) is 18.9 Å². The number of fused-ring (bicyclic) bond motifs is 2. The van der Waals surface area contributed by atoms with Gasteiger partial charge in [0.1, 0.15) is 17.6 Å². The number of para-hydroxylation sites is 2. The molecule has 2 aromatic heterocycles. The largest absolute Gasteiger partial charge is 0.474 e. The van der Waals surface area contributed by atoms with Crippen LogP contribution in [-0.4, -0.2) is 65.2 Å². The van der Waals surface area contributed by atoms with Gasteiger partial charge in [0.2, 0.25) is 5.88 Å². The lowest BCUT2D eigenvalue weighted by Crippen LogP contribution is -2.39. The minimum Gasteiger partial charge on any atom is -0.474 e. The van der Waals surface area contributed by atoms with Gasteiger partial charge in [0, 0.05) is 43.4 Å². The Morgan fingerprint density at radius 2 is 1.92 bits per heavy atom. The number of ether oxygens (including phenoxy) is 2. The average Bonchev–Trinajstić information content (AvgIpc) is 3.49. The van der Waals surface area contributed by atoms with Crippen LogP contribution in [0.2, 0.25) is 5.02 Å². The predicted octanol–water partition coefficient (Wildman–Crippen LogP) is 5.01. The number of benzene rings is 2. The van der Waals surface area contributed by atoms with Crippen molar-refractivity contribution in [2.75, 3.05) is 38.7 Å². The van der Waals surface area contributed by atoms with E-state index in [2.05, 4.69) is 15.2 Å². The Kier molecular flexibility index (Phi) is 6.84. The van der Waals surface area contributed by atoms with E-state index in [0.717, 1.165) is 55.7 Å². The molecule has 194 valence electrons. The number of imidazole rings is 1. The fourth-order valence-electron chi connectivity index (χ4n) is 5.08. The van der Waals surface area contributed by atoms with Gasteiger partial charge in [0.25, 0.3) is 5.91 Å². The third kappa shape index (κ3) is 4.90. The minimum atomic E-state index is -0.244. The van der Waals surface area contributed by atoms with Crippen LogP contribution in [0.1, 0.15) is 29.9 Å². The summed E-state index contributed by atoms with van der Waals surface area (Å²) in [6.07, 6.45) is 1.89. The highest BCUT2D eigenvalue weighted by molar-refractivity contribution is 6.37. The molecule has 0 atom stereocenters. The summed E-state index contributed by atoms with van der Waals surface area (Å²) in [6.45, 7) is 3.56. The molecular weight excluding hydrogens is 502 g/mol. The quantitative estimate of drug-likeness (QED) is 0.327. The zero-order chi connectivity index (χ0) is 26.1. The Morgan fingerprint density at radius 1 is 1.08 bits per heavy atom. The van der Waals surface area contributed by atoms with Crippen molar-refractivity contribution in [3.8, 4) is 5.88 Å². The Hall–Kier alpha value is -3.72. The molecule has 2 aromatic carbocycles. The van der Waals surface area contributed by atoms with Crippen LogP contribution < -0.4 is 10.1 Å². The second-order valence-electron chi connectivity index (χ2n) is 9.51. The van der Waals surface area contributed by atoms with Crippen molar-refractivity contribution < 1.29 is 14.3 Å². The first-order valence-electron chi connectivity index (χ1n) is 12.7. The number of hydrogen-bond donors (Lipinski definition) is 2. The third-order valence-corrected chi connectivity index (χ3v) is 7.24. The molecule has 2 aliphatic rings. The molecule has 6 rings (SSSR count). The maximum Gasteiger partial charge on any atom is 0.258 e. The molecule has 4 heterocycles. The molecule has 2 aliphatic heterocycles. The lowest BCUT2D eigenvalue weighted by Gasteiger charge is -2.31. The first-order valence-corrected chi connectivity index (χ1v) is 13.1. The molecule has 4 aromatic rings. The van der Waals surface area contributed by atoms with E-state index in [1.54, 1.807) is 13.2 Å². The summed E-state index contributed by atoms with van der Waals surface area (Å²) in [5.41, 5.74) is 4.71. The number of piperidine rings is 1. The lowest BCUT2D eigenvalue weighted by molar-refractivity contribution is -0.110. The van der Waals surface area contributed by atoms with E-state index in [1.165, 1.54) is 0 Å². The Morgan fingerprint density at radius 3 is 2.71 bits per heavy atom. The van der Waals surface area contributed by atoms with Crippen LogP contribution in [0.4, 0.5) is 5.69 Å². The maximum atomic E-state index is 13.4. The standard InChI is InChI=1S/C29H28ClN5O3/c1-37-16-15-35-13-11-20(12-14-35)38-24-10-9-23-27(34-24)26(29(36)33-23)25(18-5-4-6-19(30)17-18)28-31-21-7-2-3-8-22(21)32-28/h2-10,17,20H,11-16H2,1H3,(H,31,32)(H,33,36). The highest BCUT2D eigenvalue weighted by atomic mass is 35.5. The highest BCUT2D eigenvalue weighted by Crippen LogP contribution is 2.40. The number of nitrogens with one attached hydrogen (secondary N) is 2. The summed E-state index contributed by atoms with van der Waals surface area (Å²) in [6, 6.07) is 18.9. The van der Waals surface area contributed by atoms with Crippen LogP contribution in [0.5, 0.6) is 5.88 Å². The van der Waals surface area contributed by atoms with E-state index >= 15 is 0 Å². The molecule has 2 N–H and O–H groups in total. The molecule has 1 saturated heterocycles. The normalized spacial score (nSPS) is 17.5. The smallest absolute Gasteiger partial charge is 0.258 e. The van der Waals surface area contributed by atoms with E-state index in [4.69, 9.17) is 31.0 Å². The van der Waals surface area contributed by atoms with E-state index in [0.29, 0.717) is 39.3 Å². The van der Waals surface area contributed by atoms with Crippen LogP contribution in [0.25, 0.3) is 22.2 Å². The summed E-state index contributed by atoms with van der Waals surface area (Å²) < 4.78 is 11.5. The number of rotatable bonds is 7. The number of anilines is 1. The van der Waals surface area contributed by atoms with Gasteiger partial charge in [0.05, 0.1) is 28.9 Å². The van der Waals surface area contributed by atoms with Gasteiger partial charge >= 0.3 is 0 Å². The molecule has 0 bridgehead atoms. The predicted molar refractivity (Wildman–Crippen MR) is 148 cm³/mol. The molecule has 1 fully saturated rings. The van der Waals surface area contributed by atoms with E-state index in [1.807, 2.05) is 54.6 Å². The highest BCUT2D eigenvalue weighted by Gasteiger charge is 2.32. The Balaban J connectivity index is 1.38. The van der Waals surface area contributed by atoms with Gasteiger partial charge in [-0.05, 0) is 48.7 Å². The molecule has 0 radical (unpaired) electrons. The number of pyridine rings is 1. The van der Waals surface area contributed by atoms with Crippen molar-refractivity contribution in [2.24, 2.45) is 0 Å². The number of aromatic amines is 1. The first kappa shape index (κ1) is 24.6. The molecule has 0 unspecified atom stereocenters. The molecule has 38 heavy (non-hydrogen) atoms. The van der Waals surface area contributed by atoms with Crippen molar-refractivity contribution in [1.29, 1.82) is 0 Å². The number of carbonyl (C=O) groups excluding carboxylic acids is 1. The Bertz CT molecular complexity index is 1490. The number of methoxy groups -OCH3 is 1. The van der Waals surface area contributed by atoms with Gasteiger partial charge in [-0.3, -0.25) is 4.79 Å². The average molecular weight is 530 g/mol. The van der Waals surface area contributed by atoms with Gasteiger partial charge in [-0.15, -0.1) is 0 Å². The van der Waals surface area contributed by atoms with Crippen LogP contribution in [0.3, 0.4) is 0 Å². The number of amides is 1. The summed E-state index contributed by atoms with van der Waals surface area (Å²) in [7, 11) is 1.73. The van der Waals surface area contributed by atoms with Crippen molar-refractivity contribution in [3.63, 3.8) is 0 Å². The second-order valence-corrected chi connectivity index (χ2v) is 9.95.